The molecule has 2 heterocycles. The Labute approximate surface area is 126 Å². The highest BCUT2D eigenvalue weighted by molar-refractivity contribution is 6.02. The fourth-order valence-corrected chi connectivity index (χ4v) is 2.59. The van der Waals surface area contributed by atoms with Crippen molar-refractivity contribution in [3.05, 3.63) is 82.2 Å². The molecule has 4 rings (SSSR count). The molecule has 0 saturated carbocycles. The molecule has 0 N–H and O–H groups in total. The normalized spacial score (nSPS) is 20.0. The van der Waals surface area contributed by atoms with Gasteiger partial charge in [0.1, 0.15) is 17.3 Å². The molecule has 0 radical (unpaired) electrons. The molecule has 1 fully saturated rings. The van der Waals surface area contributed by atoms with Crippen molar-refractivity contribution >= 4 is 16.8 Å². The van der Waals surface area contributed by atoms with Crippen LogP contribution in [-0.4, -0.2) is 11.9 Å². The Balaban J connectivity index is 1.67. The van der Waals surface area contributed by atoms with Gasteiger partial charge in [-0.15, -0.1) is 0 Å². The Morgan fingerprint density at radius 3 is 2.50 bits per heavy atom. The summed E-state index contributed by atoms with van der Waals surface area (Å²) in [7, 11) is 0. The third-order valence-corrected chi connectivity index (χ3v) is 3.78. The molecule has 1 aromatic heterocycles. The zero-order chi connectivity index (χ0) is 15.1. The van der Waals surface area contributed by atoms with Crippen LogP contribution < -0.4 is 5.63 Å². The third kappa shape index (κ3) is 2.14. The van der Waals surface area contributed by atoms with Crippen LogP contribution in [0.25, 0.3) is 11.0 Å². The molecular weight excluding hydrogens is 280 g/mol. The van der Waals surface area contributed by atoms with E-state index in [4.69, 9.17) is 9.15 Å². The average Bonchev–Trinajstić information content (AvgIpc) is 3.35. The van der Waals surface area contributed by atoms with E-state index in [2.05, 4.69) is 0 Å². The number of hydrogen-bond acceptors (Lipinski definition) is 4. The molecule has 1 aliphatic rings. The third-order valence-electron chi connectivity index (χ3n) is 3.78. The van der Waals surface area contributed by atoms with Crippen LogP contribution in [-0.2, 0) is 4.74 Å². The standard InChI is InChI=1S/C18H12O4/c19-15(17-16(22-17)11-6-2-1-3-7-11)13-10-12-8-4-5-9-14(12)21-18(13)20/h1-10,16-17H. The van der Waals surface area contributed by atoms with Gasteiger partial charge in [0.05, 0.1) is 0 Å². The Morgan fingerprint density at radius 2 is 1.68 bits per heavy atom. The second-order valence-electron chi connectivity index (χ2n) is 5.24. The summed E-state index contributed by atoms with van der Waals surface area (Å²) in [5.74, 6) is -0.326. The summed E-state index contributed by atoms with van der Waals surface area (Å²) < 4.78 is 10.7. The van der Waals surface area contributed by atoms with Crippen LogP contribution in [0.15, 0.2) is 69.9 Å². The minimum atomic E-state index is -0.619. The summed E-state index contributed by atoms with van der Waals surface area (Å²) in [5, 5.41) is 0.724. The SMILES string of the molecule is O=C(c1cc2ccccc2oc1=O)C1OC1c1ccccc1. The van der Waals surface area contributed by atoms with Crippen LogP contribution in [0.5, 0.6) is 0 Å². The molecular formula is C18H12O4. The topological polar surface area (TPSA) is 59.8 Å². The summed E-state index contributed by atoms with van der Waals surface area (Å²) in [6.45, 7) is 0. The van der Waals surface area contributed by atoms with E-state index in [1.165, 1.54) is 0 Å². The van der Waals surface area contributed by atoms with Gasteiger partial charge in [0.15, 0.2) is 6.10 Å². The maximum absolute atomic E-state index is 12.5. The Morgan fingerprint density at radius 1 is 0.955 bits per heavy atom. The van der Waals surface area contributed by atoms with Gasteiger partial charge in [-0.1, -0.05) is 48.5 Å². The van der Waals surface area contributed by atoms with Gasteiger partial charge >= 0.3 is 5.63 Å². The van der Waals surface area contributed by atoms with Crippen molar-refractivity contribution in [2.45, 2.75) is 12.2 Å². The molecule has 0 spiro atoms. The van der Waals surface area contributed by atoms with Crippen molar-refractivity contribution in [2.24, 2.45) is 0 Å². The van der Waals surface area contributed by atoms with Gasteiger partial charge in [0, 0.05) is 5.39 Å². The van der Waals surface area contributed by atoms with Crippen molar-refractivity contribution in [3.63, 3.8) is 0 Å². The fraction of sp³-hybridized carbons (Fsp3) is 0.111. The van der Waals surface area contributed by atoms with Crippen LogP contribution in [0.2, 0.25) is 0 Å². The monoisotopic (exact) mass is 292 g/mol. The average molecular weight is 292 g/mol. The van der Waals surface area contributed by atoms with Gasteiger partial charge in [-0.25, -0.2) is 4.79 Å². The van der Waals surface area contributed by atoms with Gasteiger partial charge in [-0.2, -0.15) is 0 Å². The molecule has 1 aliphatic heterocycles. The Hall–Kier alpha value is -2.72. The summed E-state index contributed by atoms with van der Waals surface area (Å²) >= 11 is 0. The number of hydrogen-bond donors (Lipinski definition) is 0. The minimum absolute atomic E-state index is 0.0436. The van der Waals surface area contributed by atoms with Gasteiger partial charge in [-0.3, -0.25) is 4.79 Å². The van der Waals surface area contributed by atoms with Crippen LogP contribution >= 0.6 is 0 Å². The molecule has 3 aromatic rings. The maximum Gasteiger partial charge on any atom is 0.347 e. The number of para-hydroxylation sites is 1. The second-order valence-corrected chi connectivity index (χ2v) is 5.24. The first kappa shape index (κ1) is 13.0. The lowest BCUT2D eigenvalue weighted by Gasteiger charge is -2.00. The first-order valence-electron chi connectivity index (χ1n) is 7.01. The number of benzene rings is 2. The molecule has 4 heteroatoms. The smallest absolute Gasteiger partial charge is 0.347 e. The number of fused-ring (bicyclic) bond motifs is 1. The van der Waals surface area contributed by atoms with E-state index < -0.39 is 11.7 Å². The van der Waals surface area contributed by atoms with E-state index in [1.54, 1.807) is 24.3 Å². The molecule has 2 atom stereocenters. The molecule has 108 valence electrons. The first-order chi connectivity index (χ1) is 10.7. The lowest BCUT2D eigenvalue weighted by Crippen LogP contribution is -2.18. The molecule has 1 saturated heterocycles. The summed E-state index contributed by atoms with van der Waals surface area (Å²) in [6.07, 6.45) is -0.883. The quantitative estimate of drug-likeness (QED) is 0.423. The molecule has 4 nitrogen and oxygen atoms in total. The highest BCUT2D eigenvalue weighted by atomic mass is 16.6. The van der Waals surface area contributed by atoms with Crippen LogP contribution in [0.1, 0.15) is 22.0 Å². The summed E-state index contributed by atoms with van der Waals surface area (Å²) in [4.78, 5) is 24.5. The van der Waals surface area contributed by atoms with Crippen LogP contribution in [0, 0.1) is 0 Å². The van der Waals surface area contributed by atoms with Gasteiger partial charge in [0.2, 0.25) is 5.78 Å². The Kier molecular flexibility index (Phi) is 2.91. The molecule has 0 aliphatic carbocycles. The van der Waals surface area contributed by atoms with Gasteiger partial charge in [0.25, 0.3) is 0 Å². The highest BCUT2D eigenvalue weighted by Gasteiger charge is 2.47. The van der Waals surface area contributed by atoms with Gasteiger partial charge < -0.3 is 9.15 Å². The zero-order valence-electron chi connectivity index (χ0n) is 11.6. The van der Waals surface area contributed by atoms with E-state index in [1.807, 2.05) is 36.4 Å². The van der Waals surface area contributed by atoms with Crippen molar-refractivity contribution < 1.29 is 13.9 Å². The predicted molar refractivity (Wildman–Crippen MR) is 80.9 cm³/mol. The number of carbonyl (C=O) groups is 1. The van der Waals surface area contributed by atoms with E-state index in [9.17, 15) is 9.59 Å². The highest BCUT2D eigenvalue weighted by Crippen LogP contribution is 2.40. The first-order valence-corrected chi connectivity index (χ1v) is 7.01. The van der Waals surface area contributed by atoms with E-state index in [-0.39, 0.29) is 17.5 Å². The number of rotatable bonds is 3. The molecule has 22 heavy (non-hydrogen) atoms. The van der Waals surface area contributed by atoms with Crippen molar-refractivity contribution in [3.8, 4) is 0 Å². The van der Waals surface area contributed by atoms with E-state index in [0.717, 1.165) is 10.9 Å². The molecule has 0 bridgehead atoms. The lowest BCUT2D eigenvalue weighted by atomic mass is 10.0. The maximum atomic E-state index is 12.5. The second kappa shape index (κ2) is 4.93. The van der Waals surface area contributed by atoms with Crippen LogP contribution in [0.4, 0.5) is 0 Å². The number of carbonyl (C=O) groups excluding carboxylic acids is 1. The molecule has 2 unspecified atom stereocenters. The predicted octanol–water partition coefficient (Wildman–Crippen LogP) is 3.12. The largest absolute Gasteiger partial charge is 0.422 e. The van der Waals surface area contributed by atoms with E-state index >= 15 is 0 Å². The fourth-order valence-electron chi connectivity index (χ4n) is 2.59. The minimum Gasteiger partial charge on any atom is -0.422 e. The van der Waals surface area contributed by atoms with Crippen molar-refractivity contribution in [1.29, 1.82) is 0 Å². The Bertz CT molecular complexity index is 911. The number of ether oxygens (including phenoxy) is 1. The van der Waals surface area contributed by atoms with Gasteiger partial charge in [-0.05, 0) is 17.7 Å². The summed E-state index contributed by atoms with van der Waals surface area (Å²) in [6, 6.07) is 18.2. The number of ketones is 1. The van der Waals surface area contributed by atoms with Crippen LogP contribution in [0.3, 0.4) is 0 Å². The molecule has 2 aromatic carbocycles. The van der Waals surface area contributed by atoms with E-state index in [0.29, 0.717) is 5.58 Å². The zero-order valence-corrected chi connectivity index (χ0v) is 11.6. The molecule has 0 amide bonds. The lowest BCUT2D eigenvalue weighted by molar-refractivity contribution is 0.0950. The van der Waals surface area contributed by atoms with Crippen molar-refractivity contribution in [2.75, 3.05) is 0 Å². The van der Waals surface area contributed by atoms with Crippen molar-refractivity contribution in [1.82, 2.24) is 0 Å². The number of epoxide rings is 1. The number of Topliss-reactive ketones (excluding diaryl/α,β-unsaturated/α-hetero) is 1. The summed E-state index contributed by atoms with van der Waals surface area (Å²) in [5.41, 5.74) is 0.833.